The molecule has 1 rings (SSSR count). The standard InChI is InChI=1S/C11H18O2/c1-3-13-9(2)8-10-6-4-5-7-11(10)12/h10H,2-8H2,1H3. The molecule has 0 aromatic rings. The Bertz CT molecular complexity index is 196. The molecule has 0 aliphatic heterocycles. The summed E-state index contributed by atoms with van der Waals surface area (Å²) in [6.07, 6.45) is 4.74. The first kappa shape index (κ1) is 10.3. The minimum Gasteiger partial charge on any atom is -0.499 e. The molecule has 1 aliphatic rings. The molecule has 0 bridgehead atoms. The fraction of sp³-hybridized carbons (Fsp3) is 0.727. The first-order valence-electron chi connectivity index (χ1n) is 5.07. The largest absolute Gasteiger partial charge is 0.499 e. The van der Waals surface area contributed by atoms with Gasteiger partial charge in [0.1, 0.15) is 5.78 Å². The van der Waals surface area contributed by atoms with Crippen molar-refractivity contribution in [3.8, 4) is 0 Å². The summed E-state index contributed by atoms with van der Waals surface area (Å²) in [6, 6.07) is 0. The van der Waals surface area contributed by atoms with Crippen LogP contribution in [-0.2, 0) is 9.53 Å². The normalized spacial score (nSPS) is 22.8. The lowest BCUT2D eigenvalue weighted by Gasteiger charge is -2.20. The molecule has 2 nitrogen and oxygen atoms in total. The molecule has 1 unspecified atom stereocenters. The van der Waals surface area contributed by atoms with E-state index in [2.05, 4.69) is 6.58 Å². The molecule has 1 atom stereocenters. The zero-order chi connectivity index (χ0) is 9.68. The summed E-state index contributed by atoms with van der Waals surface area (Å²) in [6.45, 7) is 6.39. The molecule has 1 aliphatic carbocycles. The van der Waals surface area contributed by atoms with Gasteiger partial charge in [-0.05, 0) is 19.8 Å². The van der Waals surface area contributed by atoms with Crippen molar-refractivity contribution >= 4 is 5.78 Å². The van der Waals surface area contributed by atoms with Crippen LogP contribution < -0.4 is 0 Å². The number of hydrogen-bond donors (Lipinski definition) is 0. The summed E-state index contributed by atoms with van der Waals surface area (Å²) < 4.78 is 5.25. The lowest BCUT2D eigenvalue weighted by molar-refractivity contribution is -0.124. The van der Waals surface area contributed by atoms with Gasteiger partial charge in [0.05, 0.1) is 12.4 Å². The van der Waals surface area contributed by atoms with E-state index in [0.29, 0.717) is 12.4 Å². The number of carbonyl (C=O) groups excluding carboxylic acids is 1. The van der Waals surface area contributed by atoms with Gasteiger partial charge in [-0.2, -0.15) is 0 Å². The number of ether oxygens (including phenoxy) is 1. The van der Waals surface area contributed by atoms with Crippen LogP contribution in [0, 0.1) is 5.92 Å². The van der Waals surface area contributed by atoms with Crippen molar-refractivity contribution in [1.29, 1.82) is 0 Å². The van der Waals surface area contributed by atoms with E-state index >= 15 is 0 Å². The van der Waals surface area contributed by atoms with Gasteiger partial charge < -0.3 is 4.74 Å². The fourth-order valence-corrected chi connectivity index (χ4v) is 1.81. The highest BCUT2D eigenvalue weighted by Gasteiger charge is 2.22. The maximum absolute atomic E-state index is 11.4. The Labute approximate surface area is 80.0 Å². The smallest absolute Gasteiger partial charge is 0.136 e. The van der Waals surface area contributed by atoms with Crippen molar-refractivity contribution < 1.29 is 9.53 Å². The number of carbonyl (C=O) groups is 1. The molecule has 1 fully saturated rings. The average molecular weight is 182 g/mol. The minimum atomic E-state index is 0.188. The maximum Gasteiger partial charge on any atom is 0.136 e. The molecular formula is C11H18O2. The van der Waals surface area contributed by atoms with Gasteiger partial charge in [0, 0.05) is 18.8 Å². The van der Waals surface area contributed by atoms with Crippen molar-refractivity contribution in [2.45, 2.75) is 39.0 Å². The third-order valence-electron chi connectivity index (χ3n) is 2.50. The van der Waals surface area contributed by atoms with Gasteiger partial charge >= 0.3 is 0 Å². The van der Waals surface area contributed by atoms with Gasteiger partial charge in [0.15, 0.2) is 0 Å². The van der Waals surface area contributed by atoms with E-state index in [0.717, 1.165) is 31.4 Å². The summed E-state index contributed by atoms with van der Waals surface area (Å²) in [5.74, 6) is 1.35. The van der Waals surface area contributed by atoms with E-state index in [4.69, 9.17) is 4.74 Å². The number of allylic oxidation sites excluding steroid dienone is 1. The highest BCUT2D eigenvalue weighted by molar-refractivity contribution is 5.81. The third-order valence-corrected chi connectivity index (χ3v) is 2.50. The maximum atomic E-state index is 11.4. The molecule has 0 spiro atoms. The van der Waals surface area contributed by atoms with Crippen molar-refractivity contribution in [3.63, 3.8) is 0 Å². The number of ketones is 1. The van der Waals surface area contributed by atoms with Crippen LogP contribution in [0.1, 0.15) is 39.0 Å². The fourth-order valence-electron chi connectivity index (χ4n) is 1.81. The van der Waals surface area contributed by atoms with Crippen LogP contribution in [0.5, 0.6) is 0 Å². The molecule has 0 N–H and O–H groups in total. The second kappa shape index (κ2) is 5.05. The Balaban J connectivity index is 2.33. The molecule has 0 aromatic carbocycles. The Kier molecular flexibility index (Phi) is 4.00. The summed E-state index contributed by atoms with van der Waals surface area (Å²) in [4.78, 5) is 11.4. The van der Waals surface area contributed by atoms with Gasteiger partial charge in [-0.25, -0.2) is 0 Å². The van der Waals surface area contributed by atoms with Crippen LogP contribution >= 0.6 is 0 Å². The van der Waals surface area contributed by atoms with E-state index in [1.165, 1.54) is 6.42 Å². The molecule has 0 amide bonds. The zero-order valence-corrected chi connectivity index (χ0v) is 8.34. The summed E-state index contributed by atoms with van der Waals surface area (Å²) in [5.41, 5.74) is 0. The Morgan fingerprint density at radius 2 is 2.38 bits per heavy atom. The number of hydrogen-bond acceptors (Lipinski definition) is 2. The highest BCUT2D eigenvalue weighted by Crippen LogP contribution is 2.25. The van der Waals surface area contributed by atoms with Gasteiger partial charge in [0.25, 0.3) is 0 Å². The van der Waals surface area contributed by atoms with Crippen LogP contribution in [0.2, 0.25) is 0 Å². The van der Waals surface area contributed by atoms with E-state index in [1.807, 2.05) is 6.92 Å². The molecule has 0 aromatic heterocycles. The summed E-state index contributed by atoms with van der Waals surface area (Å²) >= 11 is 0. The summed E-state index contributed by atoms with van der Waals surface area (Å²) in [5, 5.41) is 0. The second-order valence-corrected chi connectivity index (χ2v) is 3.58. The predicted molar refractivity (Wildman–Crippen MR) is 52.3 cm³/mol. The average Bonchev–Trinajstić information content (AvgIpc) is 2.09. The van der Waals surface area contributed by atoms with Crippen molar-refractivity contribution in [1.82, 2.24) is 0 Å². The minimum absolute atomic E-state index is 0.188. The van der Waals surface area contributed by atoms with Crippen LogP contribution in [-0.4, -0.2) is 12.4 Å². The third kappa shape index (κ3) is 3.21. The van der Waals surface area contributed by atoms with Gasteiger partial charge in [-0.1, -0.05) is 13.0 Å². The van der Waals surface area contributed by atoms with Crippen molar-refractivity contribution in [3.05, 3.63) is 12.3 Å². The molecule has 0 heterocycles. The van der Waals surface area contributed by atoms with E-state index in [-0.39, 0.29) is 5.92 Å². The lowest BCUT2D eigenvalue weighted by atomic mass is 9.85. The van der Waals surface area contributed by atoms with Crippen LogP contribution in [0.3, 0.4) is 0 Å². The van der Waals surface area contributed by atoms with Crippen LogP contribution in [0.15, 0.2) is 12.3 Å². The molecule has 1 saturated carbocycles. The quantitative estimate of drug-likeness (QED) is 0.625. The van der Waals surface area contributed by atoms with Crippen molar-refractivity contribution in [2.24, 2.45) is 5.92 Å². The monoisotopic (exact) mass is 182 g/mol. The Morgan fingerprint density at radius 1 is 1.62 bits per heavy atom. The van der Waals surface area contributed by atoms with Crippen molar-refractivity contribution in [2.75, 3.05) is 6.61 Å². The molecule has 13 heavy (non-hydrogen) atoms. The van der Waals surface area contributed by atoms with Gasteiger partial charge in [0.2, 0.25) is 0 Å². The predicted octanol–water partition coefficient (Wildman–Crippen LogP) is 2.69. The first-order chi connectivity index (χ1) is 6.24. The zero-order valence-electron chi connectivity index (χ0n) is 8.34. The molecule has 0 radical (unpaired) electrons. The lowest BCUT2D eigenvalue weighted by Crippen LogP contribution is -2.19. The van der Waals surface area contributed by atoms with Crippen LogP contribution in [0.4, 0.5) is 0 Å². The SMILES string of the molecule is C=C(CC1CCCCC1=O)OCC. The number of Topliss-reactive ketones (excluding diaryl/α,β-unsaturated/α-hetero) is 1. The highest BCUT2D eigenvalue weighted by atomic mass is 16.5. The second-order valence-electron chi connectivity index (χ2n) is 3.58. The first-order valence-corrected chi connectivity index (χ1v) is 5.07. The van der Waals surface area contributed by atoms with E-state index < -0.39 is 0 Å². The van der Waals surface area contributed by atoms with E-state index in [9.17, 15) is 4.79 Å². The van der Waals surface area contributed by atoms with E-state index in [1.54, 1.807) is 0 Å². The van der Waals surface area contributed by atoms with Crippen LogP contribution in [0.25, 0.3) is 0 Å². The van der Waals surface area contributed by atoms with Gasteiger partial charge in [-0.3, -0.25) is 4.79 Å². The Hall–Kier alpha value is -0.790. The van der Waals surface area contributed by atoms with Gasteiger partial charge in [-0.15, -0.1) is 0 Å². The molecule has 2 heteroatoms. The molecule has 74 valence electrons. The molecular weight excluding hydrogens is 164 g/mol. The Morgan fingerprint density at radius 3 is 3.00 bits per heavy atom. The summed E-state index contributed by atoms with van der Waals surface area (Å²) in [7, 11) is 0. The molecule has 0 saturated heterocycles. The topological polar surface area (TPSA) is 26.3 Å². The number of rotatable bonds is 4.